The Kier molecular flexibility index (Phi) is 3.69. The zero-order valence-electron chi connectivity index (χ0n) is 10.1. The first-order chi connectivity index (χ1) is 7.69. The second-order valence-corrected chi connectivity index (χ2v) is 5.53. The standard InChI is InChI=1S/C12H23N3O/c1-9(12(13)14-16)6-15(7-10-2-3-10)8-11-4-5-11/h9-11,16H,2-8H2,1H3,(H2,13,14). The lowest BCUT2D eigenvalue weighted by Crippen LogP contribution is -2.37. The second-order valence-electron chi connectivity index (χ2n) is 5.53. The van der Waals surface area contributed by atoms with Crippen molar-refractivity contribution in [2.24, 2.45) is 28.6 Å². The van der Waals surface area contributed by atoms with Crippen molar-refractivity contribution in [3.05, 3.63) is 0 Å². The van der Waals surface area contributed by atoms with Crippen LogP contribution in [0.3, 0.4) is 0 Å². The third-order valence-corrected chi connectivity index (χ3v) is 3.58. The van der Waals surface area contributed by atoms with Crippen LogP contribution >= 0.6 is 0 Å². The van der Waals surface area contributed by atoms with Crippen LogP contribution < -0.4 is 5.73 Å². The molecule has 0 aromatic rings. The minimum atomic E-state index is 0.155. The predicted molar refractivity (Wildman–Crippen MR) is 64.5 cm³/mol. The number of nitrogens with two attached hydrogens (primary N) is 1. The molecule has 4 heteroatoms. The van der Waals surface area contributed by atoms with E-state index in [1.54, 1.807) is 0 Å². The summed E-state index contributed by atoms with van der Waals surface area (Å²) in [5.74, 6) is 2.34. The number of hydrogen-bond donors (Lipinski definition) is 2. The molecule has 0 bridgehead atoms. The van der Waals surface area contributed by atoms with Gasteiger partial charge in [0.05, 0.1) is 0 Å². The highest BCUT2D eigenvalue weighted by Crippen LogP contribution is 2.33. The molecule has 3 N–H and O–H groups in total. The summed E-state index contributed by atoms with van der Waals surface area (Å²) in [7, 11) is 0. The highest BCUT2D eigenvalue weighted by atomic mass is 16.4. The van der Waals surface area contributed by atoms with Gasteiger partial charge in [-0.15, -0.1) is 0 Å². The van der Waals surface area contributed by atoms with Crippen molar-refractivity contribution in [2.45, 2.75) is 32.6 Å². The fourth-order valence-corrected chi connectivity index (χ4v) is 2.13. The minimum Gasteiger partial charge on any atom is -0.409 e. The Morgan fingerprint density at radius 1 is 1.31 bits per heavy atom. The van der Waals surface area contributed by atoms with E-state index in [0.29, 0.717) is 5.84 Å². The molecular weight excluding hydrogens is 202 g/mol. The number of amidine groups is 1. The maximum atomic E-state index is 8.65. The average Bonchev–Trinajstić information content (AvgIpc) is 3.12. The van der Waals surface area contributed by atoms with E-state index in [-0.39, 0.29) is 5.92 Å². The van der Waals surface area contributed by atoms with Crippen LogP contribution in [-0.4, -0.2) is 35.6 Å². The summed E-state index contributed by atoms with van der Waals surface area (Å²) in [4.78, 5) is 2.51. The maximum absolute atomic E-state index is 8.65. The smallest absolute Gasteiger partial charge is 0.143 e. The van der Waals surface area contributed by atoms with Crippen LogP contribution in [0.4, 0.5) is 0 Å². The van der Waals surface area contributed by atoms with Crippen molar-refractivity contribution >= 4 is 5.84 Å². The van der Waals surface area contributed by atoms with Crippen molar-refractivity contribution in [2.75, 3.05) is 19.6 Å². The monoisotopic (exact) mass is 225 g/mol. The molecule has 16 heavy (non-hydrogen) atoms. The maximum Gasteiger partial charge on any atom is 0.143 e. The van der Waals surface area contributed by atoms with Gasteiger partial charge in [-0.05, 0) is 37.5 Å². The first-order valence-electron chi connectivity index (χ1n) is 6.38. The molecule has 2 aliphatic carbocycles. The summed E-state index contributed by atoms with van der Waals surface area (Å²) in [6, 6.07) is 0. The molecule has 0 aromatic heterocycles. The van der Waals surface area contributed by atoms with Gasteiger partial charge in [-0.2, -0.15) is 0 Å². The number of hydrogen-bond acceptors (Lipinski definition) is 3. The van der Waals surface area contributed by atoms with Gasteiger partial charge in [-0.25, -0.2) is 0 Å². The van der Waals surface area contributed by atoms with Crippen molar-refractivity contribution in [3.63, 3.8) is 0 Å². The highest BCUT2D eigenvalue weighted by molar-refractivity contribution is 5.82. The quantitative estimate of drug-likeness (QED) is 0.299. The molecule has 92 valence electrons. The predicted octanol–water partition coefficient (Wildman–Crippen LogP) is 1.49. The summed E-state index contributed by atoms with van der Waals surface area (Å²) in [6.07, 6.45) is 5.55. The van der Waals surface area contributed by atoms with Gasteiger partial charge in [0.2, 0.25) is 0 Å². The molecule has 0 heterocycles. The molecular formula is C12H23N3O. The fraction of sp³-hybridized carbons (Fsp3) is 0.917. The highest BCUT2D eigenvalue weighted by Gasteiger charge is 2.30. The molecule has 0 radical (unpaired) electrons. The normalized spacial score (nSPS) is 23.8. The summed E-state index contributed by atoms with van der Waals surface area (Å²) >= 11 is 0. The molecule has 1 atom stereocenters. The van der Waals surface area contributed by atoms with Gasteiger partial charge < -0.3 is 15.8 Å². The van der Waals surface area contributed by atoms with Crippen molar-refractivity contribution in [3.8, 4) is 0 Å². The lowest BCUT2D eigenvalue weighted by Gasteiger charge is -2.25. The van der Waals surface area contributed by atoms with E-state index in [9.17, 15) is 0 Å². The molecule has 1 unspecified atom stereocenters. The lowest BCUT2D eigenvalue weighted by atomic mass is 10.1. The minimum absolute atomic E-state index is 0.155. The molecule has 2 rings (SSSR count). The van der Waals surface area contributed by atoms with Crippen molar-refractivity contribution in [1.29, 1.82) is 0 Å². The molecule has 0 aromatic carbocycles. The number of nitrogens with zero attached hydrogens (tertiary/aromatic N) is 2. The topological polar surface area (TPSA) is 61.8 Å². The van der Waals surface area contributed by atoms with E-state index >= 15 is 0 Å². The van der Waals surface area contributed by atoms with Crippen LogP contribution in [0.2, 0.25) is 0 Å². The van der Waals surface area contributed by atoms with Crippen LogP contribution in [0.5, 0.6) is 0 Å². The Labute approximate surface area is 97.5 Å². The van der Waals surface area contributed by atoms with Crippen molar-refractivity contribution in [1.82, 2.24) is 4.90 Å². The van der Waals surface area contributed by atoms with Crippen LogP contribution in [-0.2, 0) is 0 Å². The zero-order chi connectivity index (χ0) is 11.5. The van der Waals surface area contributed by atoms with Gasteiger partial charge in [0.15, 0.2) is 0 Å². The lowest BCUT2D eigenvalue weighted by molar-refractivity contribution is 0.235. The van der Waals surface area contributed by atoms with Gasteiger partial charge in [0.1, 0.15) is 5.84 Å². The van der Waals surface area contributed by atoms with Crippen LogP contribution in [0, 0.1) is 17.8 Å². The largest absolute Gasteiger partial charge is 0.409 e. The molecule has 2 aliphatic rings. The molecule has 2 saturated carbocycles. The molecule has 0 spiro atoms. The summed E-state index contributed by atoms with van der Waals surface area (Å²) in [5.41, 5.74) is 5.63. The summed E-state index contributed by atoms with van der Waals surface area (Å²) < 4.78 is 0. The van der Waals surface area contributed by atoms with E-state index < -0.39 is 0 Å². The fourth-order valence-electron chi connectivity index (χ4n) is 2.13. The van der Waals surface area contributed by atoms with Gasteiger partial charge in [0, 0.05) is 25.6 Å². The van der Waals surface area contributed by atoms with Crippen LogP contribution in [0.15, 0.2) is 5.16 Å². The van der Waals surface area contributed by atoms with E-state index in [1.807, 2.05) is 6.92 Å². The average molecular weight is 225 g/mol. The third-order valence-electron chi connectivity index (χ3n) is 3.58. The summed E-state index contributed by atoms with van der Waals surface area (Å²) in [5, 5.41) is 11.7. The van der Waals surface area contributed by atoms with E-state index in [0.717, 1.165) is 18.4 Å². The SMILES string of the molecule is CC(CN(CC1CC1)CC1CC1)C(N)=NO. The second kappa shape index (κ2) is 5.04. The summed E-state index contributed by atoms with van der Waals surface area (Å²) in [6.45, 7) is 5.38. The molecule has 2 fully saturated rings. The van der Waals surface area contributed by atoms with Gasteiger partial charge in [-0.1, -0.05) is 12.1 Å². The molecule has 0 aliphatic heterocycles. The van der Waals surface area contributed by atoms with Crippen LogP contribution in [0.25, 0.3) is 0 Å². The van der Waals surface area contributed by atoms with Gasteiger partial charge in [0.25, 0.3) is 0 Å². The third kappa shape index (κ3) is 3.67. The van der Waals surface area contributed by atoms with E-state index in [2.05, 4.69) is 10.1 Å². The Bertz CT molecular complexity index is 245. The first kappa shape index (κ1) is 11.7. The van der Waals surface area contributed by atoms with Gasteiger partial charge in [-0.3, -0.25) is 0 Å². The van der Waals surface area contributed by atoms with E-state index in [4.69, 9.17) is 10.9 Å². The Balaban J connectivity index is 1.79. The van der Waals surface area contributed by atoms with Crippen LogP contribution in [0.1, 0.15) is 32.6 Å². The van der Waals surface area contributed by atoms with E-state index in [1.165, 1.54) is 38.8 Å². The number of oxime groups is 1. The Hall–Kier alpha value is -0.770. The molecule has 4 nitrogen and oxygen atoms in total. The Morgan fingerprint density at radius 3 is 2.19 bits per heavy atom. The van der Waals surface area contributed by atoms with Crippen molar-refractivity contribution < 1.29 is 5.21 Å². The molecule has 0 amide bonds. The zero-order valence-corrected chi connectivity index (χ0v) is 10.1. The Morgan fingerprint density at radius 2 is 1.81 bits per heavy atom. The van der Waals surface area contributed by atoms with Gasteiger partial charge >= 0.3 is 0 Å². The number of rotatable bonds is 7. The molecule has 0 saturated heterocycles. The first-order valence-corrected chi connectivity index (χ1v) is 6.38.